The molecule has 3 rings (SSSR count). The average Bonchev–Trinajstić information content (AvgIpc) is 3.16. The van der Waals surface area contributed by atoms with Crippen molar-refractivity contribution in [2.24, 2.45) is 0 Å². The largest absolute Gasteiger partial charge is 0.370 e. The molecule has 122 valence electrons. The maximum Gasteiger partial charge on any atom is 0.288 e. The van der Waals surface area contributed by atoms with E-state index in [0.29, 0.717) is 12.6 Å². The third-order valence-corrected chi connectivity index (χ3v) is 4.90. The highest BCUT2D eigenvalue weighted by Crippen LogP contribution is 2.39. The van der Waals surface area contributed by atoms with Gasteiger partial charge in [0.05, 0.1) is 11.7 Å². The molecule has 1 unspecified atom stereocenters. The zero-order valence-electron chi connectivity index (χ0n) is 13.3. The Labute approximate surface area is 130 Å². The second-order valence-electron chi connectivity index (χ2n) is 6.64. The molecule has 2 fully saturated rings. The van der Waals surface area contributed by atoms with E-state index in [0.717, 1.165) is 38.8 Å². The van der Waals surface area contributed by atoms with Crippen molar-refractivity contribution in [3.63, 3.8) is 0 Å². The minimum atomic E-state index is -0.225. The fourth-order valence-corrected chi connectivity index (χ4v) is 3.46. The number of amides is 1. The number of rotatable bonds is 4. The summed E-state index contributed by atoms with van der Waals surface area (Å²) in [6.45, 7) is 7.24. The number of piperidine rings is 1. The molecule has 7 heteroatoms. The van der Waals surface area contributed by atoms with Gasteiger partial charge in [0.1, 0.15) is 6.33 Å². The average molecular weight is 307 g/mol. The van der Waals surface area contributed by atoms with Crippen molar-refractivity contribution in [2.75, 3.05) is 19.6 Å². The van der Waals surface area contributed by atoms with Crippen molar-refractivity contribution in [1.29, 1.82) is 0 Å². The monoisotopic (exact) mass is 307 g/mol. The summed E-state index contributed by atoms with van der Waals surface area (Å²) in [5.74, 6) is 0.0228. The van der Waals surface area contributed by atoms with E-state index in [1.165, 1.54) is 6.33 Å². The number of hydrogen-bond donors (Lipinski definition) is 2. The molecular weight excluding hydrogens is 282 g/mol. The van der Waals surface area contributed by atoms with E-state index in [1.54, 1.807) is 0 Å². The van der Waals surface area contributed by atoms with Gasteiger partial charge in [-0.15, -0.1) is 0 Å². The van der Waals surface area contributed by atoms with Crippen LogP contribution in [-0.2, 0) is 4.74 Å². The number of H-pyrrole nitrogens is 1. The van der Waals surface area contributed by atoms with Gasteiger partial charge in [-0.2, -0.15) is 5.10 Å². The lowest BCUT2D eigenvalue weighted by atomic mass is 9.88. The molecule has 1 amide bonds. The number of ether oxygens (including phenoxy) is 1. The summed E-state index contributed by atoms with van der Waals surface area (Å²) in [4.78, 5) is 18.2. The lowest BCUT2D eigenvalue weighted by Gasteiger charge is -2.40. The molecule has 1 aromatic heterocycles. The van der Waals surface area contributed by atoms with Crippen molar-refractivity contribution in [3.8, 4) is 0 Å². The summed E-state index contributed by atoms with van der Waals surface area (Å²) < 4.78 is 6.30. The van der Waals surface area contributed by atoms with Crippen LogP contribution in [0.3, 0.4) is 0 Å². The van der Waals surface area contributed by atoms with Crippen LogP contribution in [0.25, 0.3) is 0 Å². The standard InChI is InChI=1S/C15H25N5O2/c1-11(2)20-7-5-15(6-8-20)4-3-12(22-15)9-16-14(21)13-17-10-18-19-13/h10-12H,3-9H2,1-2H3,(H,16,21)(H,17,18,19). The first kappa shape index (κ1) is 15.4. The van der Waals surface area contributed by atoms with Gasteiger partial charge in [0, 0.05) is 25.7 Å². The number of aromatic nitrogens is 3. The third-order valence-electron chi connectivity index (χ3n) is 4.90. The van der Waals surface area contributed by atoms with Crippen LogP contribution in [0.1, 0.15) is 50.1 Å². The summed E-state index contributed by atoms with van der Waals surface area (Å²) in [6, 6.07) is 0.607. The van der Waals surface area contributed by atoms with Gasteiger partial charge in [-0.1, -0.05) is 0 Å². The fourth-order valence-electron chi connectivity index (χ4n) is 3.46. The smallest absolute Gasteiger partial charge is 0.288 e. The Bertz CT molecular complexity index is 494. The predicted molar refractivity (Wildman–Crippen MR) is 81.5 cm³/mol. The Morgan fingerprint density at radius 1 is 1.50 bits per heavy atom. The van der Waals surface area contributed by atoms with E-state index in [2.05, 4.69) is 39.2 Å². The molecule has 22 heavy (non-hydrogen) atoms. The highest BCUT2D eigenvalue weighted by atomic mass is 16.5. The molecule has 2 aliphatic rings. The molecule has 2 N–H and O–H groups in total. The number of nitrogens with one attached hydrogen (secondary N) is 2. The SMILES string of the molecule is CC(C)N1CCC2(CCC(CNC(=O)c3ncn[nH]3)O2)CC1. The maximum atomic E-state index is 11.8. The van der Waals surface area contributed by atoms with Gasteiger partial charge in [-0.3, -0.25) is 9.89 Å². The van der Waals surface area contributed by atoms with Gasteiger partial charge in [-0.05, 0) is 39.5 Å². The van der Waals surface area contributed by atoms with Crippen molar-refractivity contribution in [3.05, 3.63) is 12.2 Å². The van der Waals surface area contributed by atoms with Gasteiger partial charge in [0.25, 0.3) is 5.91 Å². The molecular formula is C15H25N5O2. The quantitative estimate of drug-likeness (QED) is 0.865. The van der Waals surface area contributed by atoms with Crippen molar-refractivity contribution in [1.82, 2.24) is 25.4 Å². The summed E-state index contributed by atoms with van der Waals surface area (Å²) in [5.41, 5.74) is 0.0347. The van der Waals surface area contributed by atoms with E-state index in [4.69, 9.17) is 4.74 Å². The van der Waals surface area contributed by atoms with Crippen LogP contribution in [0.15, 0.2) is 6.33 Å². The fraction of sp³-hybridized carbons (Fsp3) is 0.800. The van der Waals surface area contributed by atoms with Crippen molar-refractivity contribution in [2.45, 2.75) is 57.3 Å². The zero-order valence-corrected chi connectivity index (χ0v) is 13.3. The molecule has 1 aromatic rings. The highest BCUT2D eigenvalue weighted by Gasteiger charge is 2.42. The molecule has 0 aromatic carbocycles. The minimum Gasteiger partial charge on any atom is -0.370 e. The second-order valence-corrected chi connectivity index (χ2v) is 6.64. The van der Waals surface area contributed by atoms with Gasteiger partial charge in [-0.25, -0.2) is 4.98 Å². The number of likely N-dealkylation sites (tertiary alicyclic amines) is 1. The van der Waals surface area contributed by atoms with E-state index < -0.39 is 0 Å². The Balaban J connectivity index is 1.46. The van der Waals surface area contributed by atoms with Crippen LogP contribution < -0.4 is 5.32 Å². The normalized spacial score (nSPS) is 25.0. The molecule has 1 spiro atoms. The van der Waals surface area contributed by atoms with Crippen LogP contribution in [0.5, 0.6) is 0 Å². The Morgan fingerprint density at radius 3 is 2.91 bits per heavy atom. The number of hydrogen-bond acceptors (Lipinski definition) is 5. The van der Waals surface area contributed by atoms with E-state index in [9.17, 15) is 4.79 Å². The molecule has 1 atom stereocenters. The first-order valence-corrected chi connectivity index (χ1v) is 8.13. The Morgan fingerprint density at radius 2 is 2.27 bits per heavy atom. The van der Waals surface area contributed by atoms with Crippen molar-refractivity contribution < 1.29 is 9.53 Å². The molecule has 0 bridgehead atoms. The second kappa shape index (κ2) is 6.34. The number of aromatic amines is 1. The summed E-state index contributed by atoms with van der Waals surface area (Å²) in [5, 5.41) is 9.11. The lowest BCUT2D eigenvalue weighted by Crippen LogP contribution is -2.47. The first-order valence-electron chi connectivity index (χ1n) is 8.13. The summed E-state index contributed by atoms with van der Waals surface area (Å²) >= 11 is 0. The molecule has 0 aliphatic carbocycles. The first-order chi connectivity index (χ1) is 10.6. The number of nitrogens with zero attached hydrogens (tertiary/aromatic N) is 3. The molecule has 7 nitrogen and oxygen atoms in total. The molecule has 0 radical (unpaired) electrons. The maximum absolute atomic E-state index is 11.8. The zero-order chi connectivity index (χ0) is 15.6. The van der Waals surface area contributed by atoms with E-state index in [-0.39, 0.29) is 23.4 Å². The topological polar surface area (TPSA) is 83.1 Å². The van der Waals surface area contributed by atoms with Crippen LogP contribution >= 0.6 is 0 Å². The number of carbonyl (C=O) groups excluding carboxylic acids is 1. The van der Waals surface area contributed by atoms with Crippen LogP contribution in [0, 0.1) is 0 Å². The molecule has 2 saturated heterocycles. The Kier molecular flexibility index (Phi) is 4.44. The summed E-state index contributed by atoms with van der Waals surface area (Å²) in [6.07, 6.45) is 5.74. The highest BCUT2D eigenvalue weighted by molar-refractivity contribution is 5.90. The van der Waals surface area contributed by atoms with E-state index in [1.807, 2.05) is 0 Å². The summed E-state index contributed by atoms with van der Waals surface area (Å²) in [7, 11) is 0. The van der Waals surface area contributed by atoms with Crippen LogP contribution in [-0.4, -0.2) is 63.4 Å². The molecule has 3 heterocycles. The van der Waals surface area contributed by atoms with E-state index >= 15 is 0 Å². The van der Waals surface area contributed by atoms with Crippen molar-refractivity contribution >= 4 is 5.91 Å². The van der Waals surface area contributed by atoms with Gasteiger partial charge in [0.2, 0.25) is 5.82 Å². The van der Waals surface area contributed by atoms with Gasteiger partial charge >= 0.3 is 0 Å². The van der Waals surface area contributed by atoms with Gasteiger partial charge in [0.15, 0.2) is 0 Å². The minimum absolute atomic E-state index is 0.0347. The lowest BCUT2D eigenvalue weighted by molar-refractivity contribution is -0.0788. The molecule has 0 saturated carbocycles. The Hall–Kier alpha value is -1.47. The third kappa shape index (κ3) is 3.30. The van der Waals surface area contributed by atoms with Crippen LogP contribution in [0.4, 0.5) is 0 Å². The molecule has 2 aliphatic heterocycles. The predicted octanol–water partition coefficient (Wildman–Crippen LogP) is 0.957. The number of carbonyl (C=O) groups is 1. The van der Waals surface area contributed by atoms with Gasteiger partial charge < -0.3 is 15.0 Å². The van der Waals surface area contributed by atoms with Crippen LogP contribution in [0.2, 0.25) is 0 Å².